The first-order valence-electron chi connectivity index (χ1n) is 10.2. The maximum Gasteiger partial charge on any atom is 0.267 e. The van der Waals surface area contributed by atoms with Crippen molar-refractivity contribution in [3.63, 3.8) is 0 Å². The number of aromatic nitrogens is 5. The highest BCUT2D eigenvalue weighted by Gasteiger charge is 2.16. The second kappa shape index (κ2) is 9.01. The number of benzene rings is 2. The van der Waals surface area contributed by atoms with Crippen LogP contribution in [0.4, 0.5) is 17.2 Å². The minimum Gasteiger partial charge on any atom is -0.339 e. The number of carbonyl (C=O) groups excluding carboxylic acids is 1. The Labute approximate surface area is 194 Å². The lowest BCUT2D eigenvalue weighted by atomic mass is 10.2. The van der Waals surface area contributed by atoms with Gasteiger partial charge in [0.05, 0.1) is 5.69 Å². The van der Waals surface area contributed by atoms with E-state index < -0.39 is 0 Å². The summed E-state index contributed by atoms with van der Waals surface area (Å²) in [6.45, 7) is 1.85. The van der Waals surface area contributed by atoms with Gasteiger partial charge in [0.1, 0.15) is 9.88 Å². The fourth-order valence-corrected chi connectivity index (χ4v) is 4.17. The molecule has 0 saturated heterocycles. The number of hydrogen-bond acceptors (Lipinski definition) is 7. The summed E-state index contributed by atoms with van der Waals surface area (Å²) in [7, 11) is 0. The van der Waals surface area contributed by atoms with Gasteiger partial charge in [-0.1, -0.05) is 30.3 Å². The summed E-state index contributed by atoms with van der Waals surface area (Å²) in [5, 5.41) is 19.5. The normalized spacial score (nSPS) is 10.7. The van der Waals surface area contributed by atoms with E-state index in [0.29, 0.717) is 27.9 Å². The fraction of sp³-hybridized carbons (Fsp3) is 0.0417. The topological polar surface area (TPSA) is 97.6 Å². The number of anilines is 3. The third-order valence-electron chi connectivity index (χ3n) is 4.83. The molecule has 5 rings (SSSR count). The van der Waals surface area contributed by atoms with Gasteiger partial charge in [-0.3, -0.25) is 4.79 Å². The minimum atomic E-state index is -0.173. The van der Waals surface area contributed by atoms with Crippen molar-refractivity contribution in [1.29, 1.82) is 0 Å². The number of amides is 1. The molecule has 33 heavy (non-hydrogen) atoms. The number of hydrogen-bond donors (Lipinski definition) is 2. The zero-order valence-electron chi connectivity index (χ0n) is 17.6. The van der Waals surface area contributed by atoms with E-state index in [1.807, 2.05) is 79.7 Å². The zero-order valence-corrected chi connectivity index (χ0v) is 18.5. The molecule has 9 heteroatoms. The van der Waals surface area contributed by atoms with Crippen LogP contribution in [0.5, 0.6) is 0 Å². The largest absolute Gasteiger partial charge is 0.339 e. The number of carbonyl (C=O) groups is 1. The number of nitrogens with zero attached hydrogens (tertiary/aromatic N) is 5. The van der Waals surface area contributed by atoms with Gasteiger partial charge in [0.25, 0.3) is 5.91 Å². The Balaban J connectivity index is 1.24. The van der Waals surface area contributed by atoms with Gasteiger partial charge in [-0.05, 0) is 49.4 Å². The van der Waals surface area contributed by atoms with E-state index in [-0.39, 0.29) is 5.91 Å². The Morgan fingerprint density at radius 3 is 2.39 bits per heavy atom. The summed E-state index contributed by atoms with van der Waals surface area (Å²) in [6.07, 6.45) is 3.49. The highest BCUT2D eigenvalue weighted by atomic mass is 32.1. The lowest BCUT2D eigenvalue weighted by Gasteiger charge is -2.08. The van der Waals surface area contributed by atoms with Gasteiger partial charge in [-0.2, -0.15) is 5.10 Å². The molecule has 0 aliphatic heterocycles. The Morgan fingerprint density at radius 1 is 0.909 bits per heavy atom. The van der Waals surface area contributed by atoms with E-state index in [4.69, 9.17) is 0 Å². The standard InChI is InChI=1S/C24H19N7OS/c1-16-22(33-24(26-16)17-6-3-2-4-7-17)23(32)28-19-10-8-18(9-11-19)27-20-12-13-21(30-29-20)31-15-5-14-25-31/h2-15H,1H3,(H,27,29)(H,28,32). The van der Waals surface area contributed by atoms with E-state index in [1.54, 1.807) is 17.1 Å². The first kappa shape index (κ1) is 20.5. The minimum absolute atomic E-state index is 0.173. The lowest BCUT2D eigenvalue weighted by Crippen LogP contribution is -2.11. The smallest absolute Gasteiger partial charge is 0.267 e. The van der Waals surface area contributed by atoms with Gasteiger partial charge in [-0.25, -0.2) is 9.67 Å². The first-order valence-corrected chi connectivity index (χ1v) is 11.0. The van der Waals surface area contributed by atoms with Crippen LogP contribution in [0.15, 0.2) is 85.2 Å². The molecule has 162 valence electrons. The SMILES string of the molecule is Cc1nc(-c2ccccc2)sc1C(=O)Nc1ccc(Nc2ccc(-n3cccn3)nn2)cc1. The van der Waals surface area contributed by atoms with Gasteiger partial charge >= 0.3 is 0 Å². The van der Waals surface area contributed by atoms with Crippen LogP contribution in [0.2, 0.25) is 0 Å². The molecule has 0 unspecified atom stereocenters. The van der Waals surface area contributed by atoms with Crippen LogP contribution in [0.1, 0.15) is 15.4 Å². The van der Waals surface area contributed by atoms with Gasteiger partial charge in [-0.15, -0.1) is 21.5 Å². The highest BCUT2D eigenvalue weighted by molar-refractivity contribution is 7.17. The van der Waals surface area contributed by atoms with E-state index in [1.165, 1.54) is 11.3 Å². The predicted octanol–water partition coefficient (Wildman–Crippen LogP) is 5.09. The molecule has 0 bridgehead atoms. The molecular formula is C24H19N7OS. The van der Waals surface area contributed by atoms with Crippen molar-refractivity contribution in [1.82, 2.24) is 25.0 Å². The molecule has 0 radical (unpaired) electrons. The summed E-state index contributed by atoms with van der Waals surface area (Å²) >= 11 is 1.39. The summed E-state index contributed by atoms with van der Waals surface area (Å²) in [5.74, 6) is 1.07. The van der Waals surface area contributed by atoms with Crippen molar-refractivity contribution in [2.75, 3.05) is 10.6 Å². The molecule has 0 spiro atoms. The molecule has 3 aromatic heterocycles. The number of nitrogens with one attached hydrogen (secondary N) is 2. The molecule has 0 atom stereocenters. The maximum atomic E-state index is 12.8. The van der Waals surface area contributed by atoms with E-state index >= 15 is 0 Å². The van der Waals surface area contributed by atoms with Crippen molar-refractivity contribution in [3.8, 4) is 16.4 Å². The summed E-state index contributed by atoms with van der Waals surface area (Å²) in [5.41, 5.74) is 3.24. The van der Waals surface area contributed by atoms with Crippen LogP contribution in [0.3, 0.4) is 0 Å². The molecular weight excluding hydrogens is 434 g/mol. The Morgan fingerprint density at radius 2 is 1.70 bits per heavy atom. The number of aryl methyl sites for hydroxylation is 1. The molecule has 0 saturated carbocycles. The van der Waals surface area contributed by atoms with E-state index in [2.05, 4.69) is 30.9 Å². The van der Waals surface area contributed by atoms with Gasteiger partial charge in [0.2, 0.25) is 0 Å². The third-order valence-corrected chi connectivity index (χ3v) is 6.03. The Kier molecular flexibility index (Phi) is 5.61. The van der Waals surface area contributed by atoms with Crippen molar-refractivity contribution in [3.05, 3.63) is 95.8 Å². The lowest BCUT2D eigenvalue weighted by molar-refractivity contribution is 0.103. The average molecular weight is 454 g/mol. The van der Waals surface area contributed by atoms with E-state index in [9.17, 15) is 4.79 Å². The van der Waals surface area contributed by atoms with Gasteiger partial charge in [0, 0.05) is 29.3 Å². The first-order chi connectivity index (χ1) is 16.2. The molecule has 0 fully saturated rings. The monoisotopic (exact) mass is 453 g/mol. The second-order valence-electron chi connectivity index (χ2n) is 7.18. The molecule has 0 aliphatic carbocycles. The number of thiazole rings is 1. The van der Waals surface area contributed by atoms with Gasteiger partial charge < -0.3 is 10.6 Å². The van der Waals surface area contributed by atoms with Crippen LogP contribution in [-0.2, 0) is 0 Å². The molecule has 2 N–H and O–H groups in total. The zero-order chi connectivity index (χ0) is 22.6. The highest BCUT2D eigenvalue weighted by Crippen LogP contribution is 2.28. The van der Waals surface area contributed by atoms with Crippen molar-refractivity contribution >= 4 is 34.4 Å². The molecule has 5 aromatic rings. The van der Waals surface area contributed by atoms with Crippen molar-refractivity contribution in [2.45, 2.75) is 6.92 Å². The van der Waals surface area contributed by atoms with Crippen LogP contribution in [0.25, 0.3) is 16.4 Å². The predicted molar refractivity (Wildman–Crippen MR) is 129 cm³/mol. The summed E-state index contributed by atoms with van der Waals surface area (Å²) in [4.78, 5) is 18.0. The Bertz CT molecular complexity index is 1360. The van der Waals surface area contributed by atoms with Crippen LogP contribution < -0.4 is 10.6 Å². The molecule has 2 aromatic carbocycles. The van der Waals surface area contributed by atoms with Crippen LogP contribution in [0, 0.1) is 6.92 Å². The molecule has 3 heterocycles. The van der Waals surface area contributed by atoms with E-state index in [0.717, 1.165) is 16.3 Å². The van der Waals surface area contributed by atoms with Crippen molar-refractivity contribution < 1.29 is 4.79 Å². The van der Waals surface area contributed by atoms with Crippen LogP contribution >= 0.6 is 11.3 Å². The molecule has 1 amide bonds. The number of rotatable bonds is 6. The summed E-state index contributed by atoms with van der Waals surface area (Å²) < 4.78 is 1.64. The van der Waals surface area contributed by atoms with Crippen molar-refractivity contribution in [2.24, 2.45) is 0 Å². The maximum absolute atomic E-state index is 12.8. The second-order valence-corrected chi connectivity index (χ2v) is 8.18. The molecule has 8 nitrogen and oxygen atoms in total. The fourth-order valence-electron chi connectivity index (χ4n) is 3.20. The quantitative estimate of drug-likeness (QED) is 0.372. The molecule has 0 aliphatic rings. The summed E-state index contributed by atoms with van der Waals surface area (Å²) in [6, 6.07) is 22.7. The average Bonchev–Trinajstić information content (AvgIpc) is 3.52. The Hall–Kier alpha value is -4.37. The van der Waals surface area contributed by atoms with Crippen LogP contribution in [-0.4, -0.2) is 30.9 Å². The van der Waals surface area contributed by atoms with Gasteiger partial charge in [0.15, 0.2) is 11.6 Å². The third kappa shape index (κ3) is 4.63.